The number of pyridine rings is 1. The molecule has 0 aliphatic carbocycles. The van der Waals surface area contributed by atoms with E-state index in [1.165, 1.54) is 6.07 Å². The summed E-state index contributed by atoms with van der Waals surface area (Å²) in [7, 11) is 0. The molecular formula is C23H21N3O5. The first-order valence-electron chi connectivity index (χ1n) is 9.32. The molecule has 0 aliphatic heterocycles. The second-order valence-corrected chi connectivity index (χ2v) is 6.21. The number of hydrogen-bond donors (Lipinski definition) is 2. The van der Waals surface area contributed by atoms with Crippen molar-refractivity contribution in [3.05, 3.63) is 88.2 Å². The molecule has 0 saturated carbocycles. The lowest BCUT2D eigenvalue weighted by Gasteiger charge is -2.08. The first-order chi connectivity index (χ1) is 14.9. The Morgan fingerprint density at radius 3 is 2.23 bits per heavy atom. The first kappa shape index (κ1) is 22.9. The normalized spacial score (nSPS) is 9.68. The van der Waals surface area contributed by atoms with Crippen molar-refractivity contribution in [3.8, 4) is 23.1 Å². The van der Waals surface area contributed by atoms with E-state index in [1.54, 1.807) is 55.5 Å². The fourth-order valence-electron chi connectivity index (χ4n) is 2.64. The Kier molecular flexibility index (Phi) is 8.11. The quantitative estimate of drug-likeness (QED) is 0.281. The molecule has 0 bridgehead atoms. The molecule has 0 atom stereocenters. The van der Waals surface area contributed by atoms with Crippen LogP contribution in [0.15, 0.2) is 71.5 Å². The number of aromatic hydroxyl groups is 1. The van der Waals surface area contributed by atoms with Crippen LogP contribution in [0.5, 0.6) is 5.88 Å². The van der Waals surface area contributed by atoms with E-state index in [0.29, 0.717) is 28.0 Å². The van der Waals surface area contributed by atoms with Gasteiger partial charge in [0, 0.05) is 17.2 Å². The highest BCUT2D eigenvalue weighted by atomic mass is 16.5. The van der Waals surface area contributed by atoms with E-state index >= 15 is 0 Å². The molecule has 0 amide bonds. The van der Waals surface area contributed by atoms with Gasteiger partial charge in [-0.25, -0.2) is 0 Å². The summed E-state index contributed by atoms with van der Waals surface area (Å²) in [5.41, 5.74) is 1.01. The average molecular weight is 419 g/mol. The summed E-state index contributed by atoms with van der Waals surface area (Å²) >= 11 is 0. The van der Waals surface area contributed by atoms with Gasteiger partial charge in [-0.3, -0.25) is 14.4 Å². The van der Waals surface area contributed by atoms with Crippen molar-refractivity contribution in [1.29, 1.82) is 5.26 Å². The van der Waals surface area contributed by atoms with Crippen molar-refractivity contribution in [2.75, 3.05) is 12.4 Å². The van der Waals surface area contributed by atoms with Gasteiger partial charge in [0.25, 0.3) is 5.56 Å². The molecule has 0 radical (unpaired) electrons. The van der Waals surface area contributed by atoms with Gasteiger partial charge in [0.15, 0.2) is 5.78 Å². The Bertz CT molecular complexity index is 1150. The molecule has 158 valence electrons. The average Bonchev–Trinajstić information content (AvgIpc) is 2.79. The third-order valence-corrected chi connectivity index (χ3v) is 4.13. The van der Waals surface area contributed by atoms with Crippen molar-refractivity contribution in [1.82, 2.24) is 4.68 Å². The van der Waals surface area contributed by atoms with E-state index < -0.39 is 17.4 Å². The van der Waals surface area contributed by atoms with Gasteiger partial charge in [-0.15, -0.1) is 0 Å². The van der Waals surface area contributed by atoms with E-state index in [4.69, 9.17) is 11.1 Å². The largest absolute Gasteiger partial charge is 0.492 e. The Balaban J connectivity index is 0.000000225. The predicted octanol–water partition coefficient (Wildman–Crippen LogP) is 2.63. The van der Waals surface area contributed by atoms with Gasteiger partial charge in [0.2, 0.25) is 5.88 Å². The second-order valence-electron chi connectivity index (χ2n) is 6.21. The molecule has 0 spiro atoms. The fourth-order valence-corrected chi connectivity index (χ4v) is 2.64. The second kappa shape index (κ2) is 11.0. The molecule has 31 heavy (non-hydrogen) atoms. The van der Waals surface area contributed by atoms with Crippen LogP contribution < -0.4 is 11.4 Å². The summed E-state index contributed by atoms with van der Waals surface area (Å²) in [6.45, 7) is 2.02. The number of carbonyl (C=O) groups is 2. The number of rotatable bonds is 5. The Labute approximate surface area is 178 Å². The first-order valence-corrected chi connectivity index (χ1v) is 9.32. The Morgan fingerprint density at radius 1 is 1.10 bits per heavy atom. The standard InChI is InChI=1S/C12H9N3O2.C11H12O3/c13-7-10-9(8-4-2-1-3-5-8)6-11(16)15(14)12(10)17;1-2-14-11(13)8-10(12)9-6-4-3-5-7-9/h1-6,17H,14H2;3-7H,2,8H2,1H3. The topological polar surface area (TPSA) is 135 Å². The number of benzene rings is 2. The Morgan fingerprint density at radius 2 is 1.68 bits per heavy atom. The number of Topliss-reactive ketones (excluding diaryl/α,β-unsaturated/α-hetero) is 1. The van der Waals surface area contributed by atoms with Crippen LogP contribution in [0.25, 0.3) is 11.1 Å². The van der Waals surface area contributed by atoms with Crippen LogP contribution in [0.3, 0.4) is 0 Å². The third kappa shape index (κ3) is 6.05. The molecule has 3 rings (SSSR count). The SMILES string of the molecule is CCOC(=O)CC(=O)c1ccccc1.N#Cc1c(-c2ccccc2)cc(=O)n(N)c1O. The van der Waals surface area contributed by atoms with Crippen LogP contribution in [0.4, 0.5) is 0 Å². The molecular weight excluding hydrogens is 398 g/mol. The third-order valence-electron chi connectivity index (χ3n) is 4.13. The maximum Gasteiger partial charge on any atom is 0.313 e. The number of esters is 1. The molecule has 8 heteroatoms. The van der Waals surface area contributed by atoms with Crippen molar-refractivity contribution in [3.63, 3.8) is 0 Å². The van der Waals surface area contributed by atoms with E-state index in [0.717, 1.165) is 0 Å². The van der Waals surface area contributed by atoms with Crippen molar-refractivity contribution in [2.24, 2.45) is 0 Å². The summed E-state index contributed by atoms with van der Waals surface area (Å²) in [6, 6.07) is 20.6. The number of nitrogens with zero attached hydrogens (tertiary/aromatic N) is 2. The highest BCUT2D eigenvalue weighted by molar-refractivity contribution is 6.05. The number of nitrogen functional groups attached to an aromatic ring is 1. The monoisotopic (exact) mass is 419 g/mol. The van der Waals surface area contributed by atoms with E-state index in [9.17, 15) is 19.5 Å². The van der Waals surface area contributed by atoms with Crippen molar-refractivity contribution < 1.29 is 19.4 Å². The van der Waals surface area contributed by atoms with Gasteiger partial charge < -0.3 is 15.7 Å². The van der Waals surface area contributed by atoms with Gasteiger partial charge in [-0.2, -0.15) is 9.94 Å². The molecule has 1 aromatic heterocycles. The lowest BCUT2D eigenvalue weighted by atomic mass is 10.0. The van der Waals surface area contributed by atoms with Gasteiger partial charge in [-0.05, 0) is 12.5 Å². The van der Waals surface area contributed by atoms with Crippen LogP contribution in [-0.4, -0.2) is 28.1 Å². The maximum absolute atomic E-state index is 11.5. The molecule has 1 heterocycles. The molecule has 0 unspecified atom stereocenters. The van der Waals surface area contributed by atoms with Crippen LogP contribution in [0, 0.1) is 11.3 Å². The van der Waals surface area contributed by atoms with Gasteiger partial charge in [0.05, 0.1) is 6.61 Å². The summed E-state index contributed by atoms with van der Waals surface area (Å²) < 4.78 is 5.22. The van der Waals surface area contributed by atoms with Crippen molar-refractivity contribution in [2.45, 2.75) is 13.3 Å². The van der Waals surface area contributed by atoms with E-state index in [1.807, 2.05) is 18.2 Å². The van der Waals surface area contributed by atoms with Crippen LogP contribution in [0.1, 0.15) is 29.3 Å². The van der Waals surface area contributed by atoms with E-state index in [-0.39, 0.29) is 17.8 Å². The number of ether oxygens (including phenoxy) is 1. The van der Waals surface area contributed by atoms with Crippen LogP contribution in [-0.2, 0) is 9.53 Å². The number of ketones is 1. The van der Waals surface area contributed by atoms with Crippen LogP contribution >= 0.6 is 0 Å². The lowest BCUT2D eigenvalue weighted by Crippen LogP contribution is -2.27. The van der Waals surface area contributed by atoms with Crippen molar-refractivity contribution >= 4 is 11.8 Å². The summed E-state index contributed by atoms with van der Waals surface area (Å²) in [5.74, 6) is 4.10. The number of aromatic nitrogens is 1. The minimum absolute atomic E-state index is 0.0155. The fraction of sp³-hybridized carbons (Fsp3) is 0.130. The highest BCUT2D eigenvalue weighted by Gasteiger charge is 2.14. The van der Waals surface area contributed by atoms with Gasteiger partial charge in [-0.1, -0.05) is 60.7 Å². The summed E-state index contributed by atoms with van der Waals surface area (Å²) in [4.78, 5) is 33.9. The number of carbonyl (C=O) groups excluding carboxylic acids is 2. The smallest absolute Gasteiger partial charge is 0.313 e. The Hall–Kier alpha value is -4.38. The molecule has 0 saturated heterocycles. The molecule has 0 fully saturated rings. The summed E-state index contributed by atoms with van der Waals surface area (Å²) in [5, 5.41) is 18.6. The number of hydrogen-bond acceptors (Lipinski definition) is 7. The molecule has 3 aromatic rings. The minimum atomic E-state index is -0.569. The highest BCUT2D eigenvalue weighted by Crippen LogP contribution is 2.26. The molecule has 0 aliphatic rings. The minimum Gasteiger partial charge on any atom is -0.492 e. The number of nitrogens with two attached hydrogens (primary N) is 1. The maximum atomic E-state index is 11.5. The molecule has 2 aromatic carbocycles. The predicted molar refractivity (Wildman–Crippen MR) is 115 cm³/mol. The van der Waals surface area contributed by atoms with Gasteiger partial charge >= 0.3 is 5.97 Å². The zero-order valence-electron chi connectivity index (χ0n) is 16.8. The van der Waals surface area contributed by atoms with Gasteiger partial charge in [0.1, 0.15) is 18.1 Å². The lowest BCUT2D eigenvalue weighted by molar-refractivity contribution is -0.141. The van der Waals surface area contributed by atoms with E-state index in [2.05, 4.69) is 4.74 Å². The molecule has 3 N–H and O–H groups in total. The zero-order chi connectivity index (χ0) is 22.8. The number of nitriles is 1. The van der Waals surface area contributed by atoms with Crippen LogP contribution in [0.2, 0.25) is 0 Å². The summed E-state index contributed by atoms with van der Waals surface area (Å²) in [6.07, 6.45) is -0.183. The molecule has 8 nitrogen and oxygen atoms in total. The zero-order valence-corrected chi connectivity index (χ0v) is 16.8.